The molecule has 1 aromatic rings. The highest BCUT2D eigenvalue weighted by Crippen LogP contribution is 2.26. The molecule has 2 rings (SSSR count). The Bertz CT molecular complexity index is 530. The zero-order valence-corrected chi connectivity index (χ0v) is 11.3. The van der Waals surface area contributed by atoms with Crippen LogP contribution in [0.25, 0.3) is 0 Å². The van der Waals surface area contributed by atoms with Gasteiger partial charge in [0.25, 0.3) is 5.91 Å². The Hall–Kier alpha value is -2.24. The quantitative estimate of drug-likeness (QED) is 0.560. The number of nitrogens with zero attached hydrogens (tertiary/aromatic N) is 1. The van der Waals surface area contributed by atoms with Gasteiger partial charge in [-0.15, -0.1) is 0 Å². The van der Waals surface area contributed by atoms with E-state index in [2.05, 4.69) is 5.32 Å². The number of carbonyl (C=O) groups excluding carboxylic acids is 2. The first-order chi connectivity index (χ1) is 9.52. The van der Waals surface area contributed by atoms with Crippen LogP contribution in [0.15, 0.2) is 18.2 Å². The van der Waals surface area contributed by atoms with Gasteiger partial charge in [-0.3, -0.25) is 9.69 Å². The van der Waals surface area contributed by atoms with Crippen molar-refractivity contribution < 1.29 is 19.8 Å². The summed E-state index contributed by atoms with van der Waals surface area (Å²) in [5, 5.41) is 21.3. The summed E-state index contributed by atoms with van der Waals surface area (Å²) in [6.45, 7) is 2.42. The Morgan fingerprint density at radius 2 is 2.00 bits per heavy atom. The maximum Gasteiger partial charge on any atom is 0.324 e. The van der Waals surface area contributed by atoms with Crippen LogP contribution in [0.3, 0.4) is 0 Å². The van der Waals surface area contributed by atoms with Gasteiger partial charge in [-0.1, -0.05) is 19.4 Å². The number of hydrogen-bond acceptors (Lipinski definition) is 4. The maximum atomic E-state index is 12.1. The molecule has 20 heavy (non-hydrogen) atoms. The molecule has 1 atom stereocenters. The standard InChI is InChI=1S/C14H18N2O4/c1-2-3-6-16-13(19)10(15-14(16)20)7-9-4-5-11(17)12(18)8-9/h4-5,8,10,17-18H,2-3,6-7H2,1H3,(H,15,20). The molecule has 1 heterocycles. The van der Waals surface area contributed by atoms with Crippen molar-refractivity contribution in [2.75, 3.05) is 6.54 Å². The SMILES string of the molecule is CCCCN1C(=O)NC(Cc2ccc(O)c(O)c2)C1=O. The van der Waals surface area contributed by atoms with Gasteiger partial charge < -0.3 is 15.5 Å². The Labute approximate surface area is 117 Å². The topological polar surface area (TPSA) is 89.9 Å². The molecule has 6 heteroatoms. The molecule has 0 aromatic heterocycles. The van der Waals surface area contributed by atoms with Crippen molar-refractivity contribution in [2.45, 2.75) is 32.2 Å². The van der Waals surface area contributed by atoms with E-state index in [1.807, 2.05) is 6.92 Å². The lowest BCUT2D eigenvalue weighted by Crippen LogP contribution is -2.33. The van der Waals surface area contributed by atoms with Crippen LogP contribution in [0.1, 0.15) is 25.3 Å². The summed E-state index contributed by atoms with van der Waals surface area (Å²) in [6, 6.07) is 3.40. The predicted octanol–water partition coefficient (Wildman–Crippen LogP) is 1.36. The molecule has 0 saturated carbocycles. The van der Waals surface area contributed by atoms with Crippen LogP contribution in [0.5, 0.6) is 11.5 Å². The van der Waals surface area contributed by atoms with E-state index in [0.717, 1.165) is 12.8 Å². The van der Waals surface area contributed by atoms with Gasteiger partial charge in [0.1, 0.15) is 6.04 Å². The van der Waals surface area contributed by atoms with Crippen LogP contribution in [0.4, 0.5) is 4.79 Å². The fourth-order valence-corrected chi connectivity index (χ4v) is 2.17. The fourth-order valence-electron chi connectivity index (χ4n) is 2.17. The minimum atomic E-state index is -0.608. The molecule has 0 bridgehead atoms. The third kappa shape index (κ3) is 2.84. The molecule has 1 aromatic carbocycles. The van der Waals surface area contributed by atoms with E-state index < -0.39 is 6.04 Å². The summed E-state index contributed by atoms with van der Waals surface area (Å²) in [5.41, 5.74) is 0.677. The van der Waals surface area contributed by atoms with Crippen LogP contribution in [-0.2, 0) is 11.2 Å². The first-order valence-electron chi connectivity index (χ1n) is 6.65. The van der Waals surface area contributed by atoms with Crippen LogP contribution in [-0.4, -0.2) is 39.6 Å². The summed E-state index contributed by atoms with van der Waals surface area (Å²) in [7, 11) is 0. The van der Waals surface area contributed by atoms with Crippen molar-refractivity contribution >= 4 is 11.9 Å². The molecule has 0 spiro atoms. The Kier molecular flexibility index (Phi) is 4.12. The Balaban J connectivity index is 2.05. The monoisotopic (exact) mass is 278 g/mol. The highest BCUT2D eigenvalue weighted by Gasteiger charge is 2.37. The van der Waals surface area contributed by atoms with Crippen molar-refractivity contribution in [1.82, 2.24) is 10.2 Å². The average molecular weight is 278 g/mol. The Morgan fingerprint density at radius 1 is 1.25 bits per heavy atom. The molecular formula is C14H18N2O4. The minimum Gasteiger partial charge on any atom is -0.504 e. The summed E-state index contributed by atoms with van der Waals surface area (Å²) >= 11 is 0. The predicted molar refractivity (Wildman–Crippen MR) is 72.4 cm³/mol. The summed E-state index contributed by atoms with van der Waals surface area (Å²) in [4.78, 5) is 25.1. The van der Waals surface area contributed by atoms with Gasteiger partial charge in [0, 0.05) is 13.0 Å². The number of amides is 3. The van der Waals surface area contributed by atoms with Crippen molar-refractivity contribution in [3.63, 3.8) is 0 Å². The fraction of sp³-hybridized carbons (Fsp3) is 0.429. The number of phenolic OH excluding ortho intramolecular Hbond substituents is 2. The zero-order valence-electron chi connectivity index (χ0n) is 11.3. The van der Waals surface area contributed by atoms with Crippen LogP contribution in [0, 0.1) is 0 Å². The molecule has 1 aliphatic heterocycles. The van der Waals surface area contributed by atoms with Crippen molar-refractivity contribution in [1.29, 1.82) is 0 Å². The number of phenols is 2. The second kappa shape index (κ2) is 5.81. The van der Waals surface area contributed by atoms with E-state index in [9.17, 15) is 19.8 Å². The largest absolute Gasteiger partial charge is 0.504 e. The lowest BCUT2D eigenvalue weighted by molar-refractivity contribution is -0.127. The number of imide groups is 1. The van der Waals surface area contributed by atoms with E-state index in [1.54, 1.807) is 6.07 Å². The summed E-state index contributed by atoms with van der Waals surface area (Å²) in [6.07, 6.45) is 1.99. The van der Waals surface area contributed by atoms with E-state index in [0.29, 0.717) is 18.5 Å². The lowest BCUT2D eigenvalue weighted by Gasteiger charge is -2.12. The number of benzene rings is 1. The van der Waals surface area contributed by atoms with Gasteiger partial charge in [0.2, 0.25) is 0 Å². The van der Waals surface area contributed by atoms with E-state index in [4.69, 9.17) is 0 Å². The second-order valence-corrected chi connectivity index (χ2v) is 4.87. The van der Waals surface area contributed by atoms with Crippen molar-refractivity contribution in [3.8, 4) is 11.5 Å². The molecule has 6 nitrogen and oxygen atoms in total. The summed E-state index contributed by atoms with van der Waals surface area (Å²) in [5.74, 6) is -0.682. The summed E-state index contributed by atoms with van der Waals surface area (Å²) < 4.78 is 0. The number of hydrogen-bond donors (Lipinski definition) is 3. The van der Waals surface area contributed by atoms with Crippen LogP contribution in [0.2, 0.25) is 0 Å². The van der Waals surface area contributed by atoms with Gasteiger partial charge in [0.05, 0.1) is 0 Å². The first-order valence-corrected chi connectivity index (χ1v) is 6.65. The molecule has 3 N–H and O–H groups in total. The van der Waals surface area contributed by atoms with Gasteiger partial charge in [-0.2, -0.15) is 0 Å². The second-order valence-electron chi connectivity index (χ2n) is 4.87. The molecule has 1 unspecified atom stereocenters. The first kappa shape index (κ1) is 14.2. The molecule has 0 aliphatic carbocycles. The Morgan fingerprint density at radius 3 is 2.65 bits per heavy atom. The van der Waals surface area contributed by atoms with Crippen molar-refractivity contribution in [3.05, 3.63) is 23.8 Å². The number of carbonyl (C=O) groups is 2. The molecule has 0 radical (unpaired) electrons. The minimum absolute atomic E-state index is 0.208. The molecule has 108 valence electrons. The number of urea groups is 1. The van der Waals surface area contributed by atoms with Gasteiger partial charge >= 0.3 is 6.03 Å². The van der Waals surface area contributed by atoms with Gasteiger partial charge in [-0.25, -0.2) is 4.79 Å². The van der Waals surface area contributed by atoms with E-state index in [1.165, 1.54) is 17.0 Å². The van der Waals surface area contributed by atoms with E-state index >= 15 is 0 Å². The number of aromatic hydroxyl groups is 2. The number of unbranched alkanes of at least 4 members (excludes halogenated alkanes) is 1. The van der Waals surface area contributed by atoms with Crippen LogP contribution < -0.4 is 5.32 Å². The average Bonchev–Trinajstić information content (AvgIpc) is 2.67. The molecule has 1 aliphatic rings. The molecule has 3 amide bonds. The van der Waals surface area contributed by atoms with Gasteiger partial charge in [0.15, 0.2) is 11.5 Å². The molecule has 1 fully saturated rings. The van der Waals surface area contributed by atoms with E-state index in [-0.39, 0.29) is 23.4 Å². The smallest absolute Gasteiger partial charge is 0.324 e. The van der Waals surface area contributed by atoms with Gasteiger partial charge in [-0.05, 0) is 24.1 Å². The third-order valence-electron chi connectivity index (χ3n) is 3.32. The normalized spacial score (nSPS) is 18.4. The third-order valence-corrected chi connectivity index (χ3v) is 3.32. The highest BCUT2D eigenvalue weighted by molar-refractivity contribution is 6.04. The highest BCUT2D eigenvalue weighted by atomic mass is 16.3. The zero-order chi connectivity index (χ0) is 14.7. The van der Waals surface area contributed by atoms with Crippen LogP contribution >= 0.6 is 0 Å². The number of nitrogens with one attached hydrogen (secondary N) is 1. The number of rotatable bonds is 5. The lowest BCUT2D eigenvalue weighted by atomic mass is 10.1. The molecule has 1 saturated heterocycles. The maximum absolute atomic E-state index is 12.1. The van der Waals surface area contributed by atoms with Crippen molar-refractivity contribution in [2.24, 2.45) is 0 Å². The molecular weight excluding hydrogens is 260 g/mol.